The van der Waals surface area contributed by atoms with Gasteiger partial charge in [-0.05, 0) is 41.5 Å². The van der Waals surface area contributed by atoms with Crippen LogP contribution in [0.1, 0.15) is 61.7 Å². The number of nitrogen functional groups attached to an aromatic ring is 1. The molecule has 0 atom stereocenters. The van der Waals surface area contributed by atoms with E-state index in [4.69, 9.17) is 15.2 Å². The van der Waals surface area contributed by atoms with Crippen molar-refractivity contribution in [1.82, 2.24) is 4.98 Å². The minimum Gasteiger partial charge on any atom is -0.456 e. The van der Waals surface area contributed by atoms with Crippen molar-refractivity contribution < 1.29 is 19.1 Å². The number of rotatable bonds is 2. The number of hydrogen-bond acceptors (Lipinski definition) is 7. The molecule has 2 N–H and O–H groups in total. The molecule has 0 spiro atoms. The lowest BCUT2D eigenvalue weighted by molar-refractivity contribution is 0.00188. The summed E-state index contributed by atoms with van der Waals surface area (Å²) >= 11 is 0.909. The molecule has 0 unspecified atom stereocenters. The largest absolute Gasteiger partial charge is 0.456 e. The molecule has 0 aromatic carbocycles. The Kier molecular flexibility index (Phi) is 4.43. The maximum Gasteiger partial charge on any atom is 0.359 e. The molecule has 0 saturated heterocycles. The van der Waals surface area contributed by atoms with Gasteiger partial charge in [-0.3, -0.25) is 0 Å². The van der Waals surface area contributed by atoms with E-state index in [0.717, 1.165) is 11.3 Å². The van der Waals surface area contributed by atoms with E-state index in [-0.39, 0.29) is 15.7 Å². The lowest BCUT2D eigenvalue weighted by Gasteiger charge is -2.20. The van der Waals surface area contributed by atoms with Crippen molar-refractivity contribution >= 4 is 28.4 Å². The Labute approximate surface area is 122 Å². The van der Waals surface area contributed by atoms with Crippen molar-refractivity contribution in [3.8, 4) is 0 Å². The fraction of sp³-hybridized carbons (Fsp3) is 0.615. The maximum atomic E-state index is 12.0. The number of aromatic nitrogens is 1. The number of nitrogens with two attached hydrogens (primary N) is 1. The van der Waals surface area contributed by atoms with Gasteiger partial charge in [0.1, 0.15) is 16.1 Å². The second-order valence-corrected chi connectivity index (χ2v) is 7.26. The number of ether oxygens (including phenoxy) is 2. The minimum absolute atomic E-state index is 0.0617. The topological polar surface area (TPSA) is 91.5 Å². The van der Waals surface area contributed by atoms with Gasteiger partial charge in [0, 0.05) is 0 Å². The summed E-state index contributed by atoms with van der Waals surface area (Å²) in [5, 5.41) is 0.117. The number of esters is 2. The molecule has 112 valence electrons. The van der Waals surface area contributed by atoms with Crippen molar-refractivity contribution in [1.29, 1.82) is 0 Å². The smallest absolute Gasteiger partial charge is 0.359 e. The molecule has 0 bridgehead atoms. The van der Waals surface area contributed by atoms with E-state index in [2.05, 4.69) is 4.98 Å². The third kappa shape index (κ3) is 4.80. The molecule has 0 radical (unpaired) electrons. The van der Waals surface area contributed by atoms with E-state index < -0.39 is 23.1 Å². The first kappa shape index (κ1) is 16.4. The lowest BCUT2D eigenvalue weighted by atomic mass is 10.2. The average molecular weight is 300 g/mol. The van der Waals surface area contributed by atoms with Crippen LogP contribution in [0.3, 0.4) is 0 Å². The van der Waals surface area contributed by atoms with Gasteiger partial charge >= 0.3 is 11.9 Å². The van der Waals surface area contributed by atoms with Gasteiger partial charge in [-0.15, -0.1) is 0 Å². The molecule has 0 aliphatic carbocycles. The molecule has 0 fully saturated rings. The summed E-state index contributed by atoms with van der Waals surface area (Å²) < 4.78 is 10.4. The number of carbonyl (C=O) groups excluding carboxylic acids is 2. The number of nitrogens with zero attached hydrogens (tertiary/aromatic N) is 1. The predicted octanol–water partition coefficient (Wildman–Crippen LogP) is 2.64. The van der Waals surface area contributed by atoms with Crippen molar-refractivity contribution in [3.63, 3.8) is 0 Å². The highest BCUT2D eigenvalue weighted by atomic mass is 32.1. The molecule has 0 aliphatic rings. The van der Waals surface area contributed by atoms with Gasteiger partial charge in [0.25, 0.3) is 0 Å². The zero-order valence-corrected chi connectivity index (χ0v) is 13.4. The quantitative estimate of drug-likeness (QED) is 0.844. The highest BCUT2D eigenvalue weighted by Crippen LogP contribution is 2.25. The van der Waals surface area contributed by atoms with Crippen LogP contribution in [0.4, 0.5) is 5.13 Å². The second kappa shape index (κ2) is 5.40. The second-order valence-electron chi connectivity index (χ2n) is 6.23. The van der Waals surface area contributed by atoms with E-state index >= 15 is 0 Å². The fourth-order valence-electron chi connectivity index (χ4n) is 1.26. The standard InChI is InChI=1S/C13H20N2O4S/c1-12(2,3)18-9(16)7-8(20-11(14)15-7)10(17)19-13(4,5)6/h1-6H3,(H2,14,15). The SMILES string of the molecule is CC(C)(C)OC(=O)c1nc(N)sc1C(=O)OC(C)(C)C. The van der Waals surface area contributed by atoms with Crippen LogP contribution < -0.4 is 5.73 Å². The van der Waals surface area contributed by atoms with Crippen LogP contribution in [0.2, 0.25) is 0 Å². The molecule has 0 aliphatic heterocycles. The molecular weight excluding hydrogens is 280 g/mol. The van der Waals surface area contributed by atoms with E-state index in [1.807, 2.05) is 0 Å². The predicted molar refractivity (Wildman–Crippen MR) is 76.9 cm³/mol. The number of carbonyl (C=O) groups is 2. The van der Waals surface area contributed by atoms with E-state index in [1.165, 1.54) is 0 Å². The lowest BCUT2D eigenvalue weighted by Crippen LogP contribution is -2.27. The molecule has 20 heavy (non-hydrogen) atoms. The Balaban J connectivity index is 3.05. The van der Waals surface area contributed by atoms with Gasteiger partial charge in [0.15, 0.2) is 10.8 Å². The summed E-state index contributed by atoms with van der Waals surface area (Å²) in [6, 6.07) is 0. The summed E-state index contributed by atoms with van der Waals surface area (Å²) in [6.07, 6.45) is 0. The van der Waals surface area contributed by atoms with E-state index in [0.29, 0.717) is 0 Å². The summed E-state index contributed by atoms with van der Waals surface area (Å²) in [7, 11) is 0. The van der Waals surface area contributed by atoms with Crippen LogP contribution in [0.5, 0.6) is 0 Å². The first-order valence-corrected chi connectivity index (χ1v) is 6.94. The van der Waals surface area contributed by atoms with Gasteiger partial charge in [-0.2, -0.15) is 0 Å². The van der Waals surface area contributed by atoms with Gasteiger partial charge < -0.3 is 15.2 Å². The number of thiazole rings is 1. The zero-order valence-electron chi connectivity index (χ0n) is 12.6. The molecule has 1 heterocycles. The van der Waals surface area contributed by atoms with Gasteiger partial charge in [-0.25, -0.2) is 14.6 Å². The van der Waals surface area contributed by atoms with Crippen LogP contribution in [0.15, 0.2) is 0 Å². The molecule has 7 heteroatoms. The molecular formula is C13H20N2O4S. The van der Waals surface area contributed by atoms with Crippen molar-refractivity contribution in [3.05, 3.63) is 10.6 Å². The third-order valence-corrected chi connectivity index (χ3v) is 2.68. The number of anilines is 1. The van der Waals surface area contributed by atoms with Gasteiger partial charge in [0.2, 0.25) is 0 Å². The zero-order chi connectivity index (χ0) is 15.7. The summed E-state index contributed by atoms with van der Waals surface area (Å²) in [5.74, 6) is -1.32. The van der Waals surface area contributed by atoms with Crippen molar-refractivity contribution in [2.75, 3.05) is 5.73 Å². The monoisotopic (exact) mass is 300 g/mol. The Bertz CT molecular complexity index is 478. The van der Waals surface area contributed by atoms with Crippen LogP contribution >= 0.6 is 11.3 Å². The van der Waals surface area contributed by atoms with Gasteiger partial charge in [0.05, 0.1) is 0 Å². The summed E-state index contributed by atoms with van der Waals surface area (Å²) in [4.78, 5) is 28.0. The van der Waals surface area contributed by atoms with Crippen LogP contribution in [0.25, 0.3) is 0 Å². The normalized spacial score (nSPS) is 12.1. The van der Waals surface area contributed by atoms with Crippen molar-refractivity contribution in [2.24, 2.45) is 0 Å². The summed E-state index contributed by atoms with van der Waals surface area (Å²) in [6.45, 7) is 10.4. The Morgan fingerprint density at radius 3 is 1.90 bits per heavy atom. The van der Waals surface area contributed by atoms with E-state index in [9.17, 15) is 9.59 Å². The van der Waals surface area contributed by atoms with E-state index in [1.54, 1.807) is 41.5 Å². The Hall–Kier alpha value is -1.63. The highest BCUT2D eigenvalue weighted by Gasteiger charge is 2.30. The third-order valence-electron chi connectivity index (χ3n) is 1.82. The molecule has 1 aromatic rings. The van der Waals surface area contributed by atoms with Crippen LogP contribution in [0, 0.1) is 0 Å². The number of hydrogen-bond donors (Lipinski definition) is 1. The Morgan fingerprint density at radius 1 is 1.00 bits per heavy atom. The average Bonchev–Trinajstić information content (AvgIpc) is 2.55. The molecule has 1 aromatic heterocycles. The molecule has 1 rings (SSSR count). The first-order valence-electron chi connectivity index (χ1n) is 6.12. The highest BCUT2D eigenvalue weighted by molar-refractivity contribution is 7.17. The first-order chi connectivity index (χ1) is 8.89. The minimum atomic E-state index is -0.689. The van der Waals surface area contributed by atoms with Gasteiger partial charge in [-0.1, -0.05) is 11.3 Å². The summed E-state index contributed by atoms with van der Waals surface area (Å²) in [5.41, 5.74) is 4.13. The fourth-order valence-corrected chi connectivity index (χ4v) is 1.96. The molecule has 0 saturated carbocycles. The van der Waals surface area contributed by atoms with Crippen LogP contribution in [-0.4, -0.2) is 28.1 Å². The maximum absolute atomic E-state index is 12.0. The molecule has 6 nitrogen and oxygen atoms in total. The van der Waals surface area contributed by atoms with Crippen molar-refractivity contribution in [2.45, 2.75) is 52.7 Å². The molecule has 0 amide bonds. The Morgan fingerprint density at radius 2 is 1.45 bits per heavy atom. The van der Waals surface area contributed by atoms with Crippen LogP contribution in [-0.2, 0) is 9.47 Å².